The molecular weight excluding hydrogens is 362 g/mol. The van der Waals surface area contributed by atoms with E-state index in [1.54, 1.807) is 28.6 Å². The molecule has 3 rings (SSSR count). The van der Waals surface area contributed by atoms with Crippen LogP contribution >= 0.6 is 0 Å². The van der Waals surface area contributed by atoms with Crippen LogP contribution in [0.1, 0.15) is 40.0 Å². The van der Waals surface area contributed by atoms with Gasteiger partial charge in [0.25, 0.3) is 5.91 Å². The molecular formula is C20H32N3O3S+. The number of hydrogen-bond acceptors (Lipinski definition) is 3. The van der Waals surface area contributed by atoms with Crippen LogP contribution in [0.4, 0.5) is 0 Å². The van der Waals surface area contributed by atoms with E-state index >= 15 is 0 Å². The summed E-state index contributed by atoms with van der Waals surface area (Å²) in [6.45, 7) is 8.50. The highest BCUT2D eigenvalue weighted by Crippen LogP contribution is 2.23. The smallest absolute Gasteiger partial charge is 0.281 e. The molecule has 2 aliphatic rings. The van der Waals surface area contributed by atoms with Gasteiger partial charge in [0.05, 0.1) is 31.1 Å². The SMILES string of the molecule is C[C@@H]1CCC[C@H](C)N1C(=O)[C@@H](C)[NH+]1CCN(S(=O)(=O)c2ccccc2)CC1. The molecule has 1 aromatic carbocycles. The Morgan fingerprint density at radius 2 is 1.63 bits per heavy atom. The van der Waals surface area contributed by atoms with Gasteiger partial charge in [0.15, 0.2) is 6.04 Å². The highest BCUT2D eigenvalue weighted by atomic mass is 32.2. The van der Waals surface area contributed by atoms with Crippen molar-refractivity contribution in [2.45, 2.75) is 63.1 Å². The van der Waals surface area contributed by atoms with Crippen molar-refractivity contribution in [3.05, 3.63) is 30.3 Å². The molecule has 0 unspecified atom stereocenters. The minimum atomic E-state index is -3.44. The quantitative estimate of drug-likeness (QED) is 0.820. The van der Waals surface area contributed by atoms with Crippen molar-refractivity contribution in [1.82, 2.24) is 9.21 Å². The van der Waals surface area contributed by atoms with Gasteiger partial charge in [-0.1, -0.05) is 18.2 Å². The van der Waals surface area contributed by atoms with Gasteiger partial charge in [-0.25, -0.2) is 8.42 Å². The van der Waals surface area contributed by atoms with Crippen molar-refractivity contribution in [1.29, 1.82) is 0 Å². The zero-order valence-corrected chi connectivity index (χ0v) is 17.4. The maximum atomic E-state index is 13.1. The van der Waals surface area contributed by atoms with Crippen LogP contribution < -0.4 is 4.90 Å². The molecule has 0 bridgehead atoms. The summed E-state index contributed by atoms with van der Waals surface area (Å²) in [6.07, 6.45) is 3.33. The molecule has 0 radical (unpaired) electrons. The Morgan fingerprint density at radius 3 is 2.19 bits per heavy atom. The highest BCUT2D eigenvalue weighted by Gasteiger charge is 2.38. The first-order valence-corrected chi connectivity index (χ1v) is 11.5. The van der Waals surface area contributed by atoms with Crippen LogP contribution in [0, 0.1) is 0 Å². The molecule has 1 amide bonds. The van der Waals surface area contributed by atoms with Gasteiger partial charge in [-0.2, -0.15) is 4.31 Å². The third-order valence-electron chi connectivity index (χ3n) is 6.18. The van der Waals surface area contributed by atoms with Crippen LogP contribution in [0.2, 0.25) is 0 Å². The minimum Gasteiger partial charge on any atom is -0.332 e. The van der Waals surface area contributed by atoms with Crippen LogP contribution in [0.15, 0.2) is 35.2 Å². The molecule has 3 atom stereocenters. The first kappa shape index (κ1) is 20.3. The van der Waals surface area contributed by atoms with Crippen LogP contribution in [-0.2, 0) is 14.8 Å². The zero-order chi connectivity index (χ0) is 19.6. The number of nitrogens with one attached hydrogen (secondary N) is 1. The predicted molar refractivity (Wildman–Crippen MR) is 105 cm³/mol. The normalized spacial score (nSPS) is 26.7. The van der Waals surface area contributed by atoms with Gasteiger partial charge in [-0.15, -0.1) is 0 Å². The van der Waals surface area contributed by atoms with Gasteiger partial charge in [-0.3, -0.25) is 4.79 Å². The number of quaternary nitrogens is 1. The summed E-state index contributed by atoms with van der Waals surface area (Å²) < 4.78 is 27.1. The number of piperidine rings is 1. The number of benzene rings is 1. The average molecular weight is 395 g/mol. The number of hydrogen-bond donors (Lipinski definition) is 1. The molecule has 0 saturated carbocycles. The molecule has 150 valence electrons. The lowest BCUT2D eigenvalue weighted by molar-refractivity contribution is -0.918. The number of likely N-dealkylation sites (tertiary alicyclic amines) is 1. The maximum Gasteiger partial charge on any atom is 0.281 e. The topological polar surface area (TPSA) is 62.1 Å². The Hall–Kier alpha value is -1.44. The number of rotatable bonds is 4. The first-order valence-electron chi connectivity index (χ1n) is 10.0. The summed E-state index contributed by atoms with van der Waals surface area (Å²) in [6, 6.07) is 9.04. The molecule has 1 aromatic rings. The van der Waals surface area contributed by atoms with Crippen LogP contribution in [-0.4, -0.2) is 67.8 Å². The van der Waals surface area contributed by atoms with Gasteiger partial charge in [0.1, 0.15) is 0 Å². The number of sulfonamides is 1. The standard InChI is InChI=1S/C20H31N3O3S/c1-16-8-7-9-17(2)23(16)20(24)18(3)21-12-14-22(15-13-21)27(25,26)19-10-5-4-6-11-19/h4-6,10-11,16-18H,7-9,12-15H2,1-3H3/p+1/t16-,17+,18-/m1/s1. The van der Waals surface area contributed by atoms with Crippen LogP contribution in [0.5, 0.6) is 0 Å². The lowest BCUT2D eigenvalue weighted by Crippen LogP contribution is -3.19. The lowest BCUT2D eigenvalue weighted by Gasteiger charge is -2.42. The van der Waals surface area contributed by atoms with Crippen molar-refractivity contribution >= 4 is 15.9 Å². The van der Waals surface area contributed by atoms with E-state index in [1.165, 1.54) is 11.3 Å². The Bertz CT molecular complexity index is 735. The molecule has 1 N–H and O–H groups in total. The lowest BCUT2D eigenvalue weighted by atomic mass is 9.96. The van der Waals surface area contributed by atoms with Crippen LogP contribution in [0.25, 0.3) is 0 Å². The molecule has 0 aliphatic carbocycles. The van der Waals surface area contributed by atoms with E-state index in [0.717, 1.165) is 12.8 Å². The van der Waals surface area contributed by atoms with Gasteiger partial charge >= 0.3 is 0 Å². The second-order valence-electron chi connectivity index (χ2n) is 7.97. The Kier molecular flexibility index (Phi) is 6.23. The van der Waals surface area contributed by atoms with Crippen molar-refractivity contribution in [3.63, 3.8) is 0 Å². The summed E-state index contributed by atoms with van der Waals surface area (Å²) in [7, 11) is -3.44. The van der Waals surface area contributed by atoms with E-state index in [2.05, 4.69) is 18.7 Å². The fourth-order valence-electron chi connectivity index (χ4n) is 4.44. The molecule has 6 nitrogen and oxygen atoms in total. The molecule has 2 heterocycles. The Morgan fingerprint density at radius 1 is 1.07 bits per heavy atom. The monoisotopic (exact) mass is 394 g/mol. The van der Waals surface area contributed by atoms with E-state index in [-0.39, 0.29) is 11.9 Å². The Labute approximate surface area is 163 Å². The van der Waals surface area contributed by atoms with Gasteiger partial charge in [0, 0.05) is 12.1 Å². The van der Waals surface area contributed by atoms with Crippen molar-refractivity contribution in [3.8, 4) is 0 Å². The summed E-state index contributed by atoms with van der Waals surface area (Å²) in [5, 5.41) is 0. The fourth-order valence-corrected chi connectivity index (χ4v) is 5.90. The van der Waals surface area contributed by atoms with E-state index in [1.807, 2.05) is 13.0 Å². The minimum absolute atomic E-state index is 0.130. The third kappa shape index (κ3) is 4.20. The Balaban J connectivity index is 1.62. The van der Waals surface area contributed by atoms with Crippen molar-refractivity contribution in [2.75, 3.05) is 26.2 Å². The molecule has 7 heteroatoms. The summed E-state index contributed by atoms with van der Waals surface area (Å²) >= 11 is 0. The van der Waals surface area contributed by atoms with E-state index in [4.69, 9.17) is 0 Å². The van der Waals surface area contributed by atoms with Gasteiger partial charge < -0.3 is 9.80 Å². The highest BCUT2D eigenvalue weighted by molar-refractivity contribution is 7.89. The largest absolute Gasteiger partial charge is 0.332 e. The summed E-state index contributed by atoms with van der Waals surface area (Å²) in [5.41, 5.74) is 0. The van der Waals surface area contributed by atoms with E-state index in [9.17, 15) is 13.2 Å². The maximum absolute atomic E-state index is 13.1. The molecule has 0 aromatic heterocycles. The van der Waals surface area contributed by atoms with Crippen molar-refractivity contribution in [2.24, 2.45) is 0 Å². The number of nitrogens with zero attached hydrogens (tertiary/aromatic N) is 2. The second kappa shape index (κ2) is 8.29. The number of piperazine rings is 1. The molecule has 27 heavy (non-hydrogen) atoms. The average Bonchev–Trinajstić information content (AvgIpc) is 2.68. The first-order chi connectivity index (χ1) is 12.8. The number of carbonyl (C=O) groups excluding carboxylic acids is 1. The third-order valence-corrected chi connectivity index (χ3v) is 8.09. The second-order valence-corrected chi connectivity index (χ2v) is 9.91. The molecule has 0 spiro atoms. The zero-order valence-electron chi connectivity index (χ0n) is 16.6. The van der Waals surface area contributed by atoms with Gasteiger partial charge in [0.2, 0.25) is 10.0 Å². The predicted octanol–water partition coefficient (Wildman–Crippen LogP) is 0.754. The number of amides is 1. The number of carbonyl (C=O) groups is 1. The summed E-state index contributed by atoms with van der Waals surface area (Å²) in [4.78, 5) is 16.7. The summed E-state index contributed by atoms with van der Waals surface area (Å²) in [5.74, 6) is 0.212. The van der Waals surface area contributed by atoms with E-state index < -0.39 is 10.0 Å². The molecule has 2 saturated heterocycles. The van der Waals surface area contributed by atoms with E-state index in [0.29, 0.717) is 43.2 Å². The molecule has 2 aliphatic heterocycles. The van der Waals surface area contributed by atoms with Gasteiger partial charge in [-0.05, 0) is 52.2 Å². The van der Waals surface area contributed by atoms with Crippen LogP contribution in [0.3, 0.4) is 0 Å². The molecule has 2 fully saturated rings. The van der Waals surface area contributed by atoms with Crippen molar-refractivity contribution < 1.29 is 18.1 Å². The fraction of sp³-hybridized carbons (Fsp3) is 0.650.